The van der Waals surface area contributed by atoms with Crippen LogP contribution in [0.1, 0.15) is 23.7 Å². The first-order valence-corrected chi connectivity index (χ1v) is 6.88. The van der Waals surface area contributed by atoms with Crippen LogP contribution in [0.2, 0.25) is 0 Å². The predicted octanol–water partition coefficient (Wildman–Crippen LogP) is 2.89. The van der Waals surface area contributed by atoms with Crippen LogP contribution in [0.25, 0.3) is 10.9 Å². The van der Waals surface area contributed by atoms with Crippen LogP contribution in [0.4, 0.5) is 0 Å². The van der Waals surface area contributed by atoms with Crippen molar-refractivity contribution in [3.05, 3.63) is 40.2 Å². The quantitative estimate of drug-likeness (QED) is 0.695. The van der Waals surface area contributed by atoms with Gasteiger partial charge in [-0.25, -0.2) is 0 Å². The molecule has 2 aromatic rings. The third-order valence-corrected chi connectivity index (χ3v) is 4.05. The van der Waals surface area contributed by atoms with Crippen molar-refractivity contribution < 1.29 is 9.53 Å². The number of alkyl halides is 1. The zero-order valence-electron chi connectivity index (χ0n) is 10.7. The average molecular weight is 324 g/mol. The van der Waals surface area contributed by atoms with Gasteiger partial charge < -0.3 is 9.72 Å². The number of hydrogen-bond donors (Lipinski definition) is 1. The smallest absolute Gasteiger partial charge is 0.248 e. The number of fused-ring (bicyclic) bond motifs is 1. The lowest BCUT2D eigenvalue weighted by Gasteiger charge is -2.11. The van der Waals surface area contributed by atoms with Gasteiger partial charge >= 0.3 is 0 Å². The molecule has 1 aromatic heterocycles. The second-order valence-electron chi connectivity index (χ2n) is 4.17. The molecule has 100 valence electrons. The molecule has 19 heavy (non-hydrogen) atoms. The lowest BCUT2D eigenvalue weighted by Crippen LogP contribution is -2.14. The van der Waals surface area contributed by atoms with Gasteiger partial charge in [0.1, 0.15) is 5.75 Å². The largest absolute Gasteiger partial charge is 0.495 e. The van der Waals surface area contributed by atoms with E-state index in [1.54, 1.807) is 18.2 Å². The first-order valence-electron chi connectivity index (χ1n) is 5.96. The molecule has 0 bridgehead atoms. The number of rotatable bonds is 4. The number of aromatic amines is 1. The first-order chi connectivity index (χ1) is 9.08. The van der Waals surface area contributed by atoms with Crippen LogP contribution in [0.15, 0.2) is 29.1 Å². The standard InChI is InChI=1S/C14H14BrNO3/c1-3-10(15)14(18)9-4-6-11(19-2)13-8(9)5-7-12(17)16-13/h4-7,10H,3H2,1-2H3,(H,16,17). The van der Waals surface area contributed by atoms with Gasteiger partial charge in [-0.3, -0.25) is 9.59 Å². The lowest BCUT2D eigenvalue weighted by atomic mass is 10.0. The molecular weight excluding hydrogens is 310 g/mol. The van der Waals surface area contributed by atoms with Crippen molar-refractivity contribution in [3.63, 3.8) is 0 Å². The summed E-state index contributed by atoms with van der Waals surface area (Å²) in [5, 5.41) is 0.696. The van der Waals surface area contributed by atoms with Gasteiger partial charge in [0.15, 0.2) is 5.78 Å². The van der Waals surface area contributed by atoms with Crippen molar-refractivity contribution in [1.29, 1.82) is 0 Å². The Morgan fingerprint density at radius 3 is 2.74 bits per heavy atom. The van der Waals surface area contributed by atoms with E-state index in [4.69, 9.17) is 4.74 Å². The molecule has 0 spiro atoms. The van der Waals surface area contributed by atoms with Crippen LogP contribution in [0.5, 0.6) is 5.75 Å². The second kappa shape index (κ2) is 5.57. The average Bonchev–Trinajstić information content (AvgIpc) is 2.44. The Balaban J connectivity index is 2.71. The molecule has 1 unspecified atom stereocenters. The van der Waals surface area contributed by atoms with Crippen LogP contribution in [0.3, 0.4) is 0 Å². The number of carbonyl (C=O) groups is 1. The zero-order chi connectivity index (χ0) is 14.0. The normalized spacial score (nSPS) is 12.4. The number of benzene rings is 1. The molecule has 0 saturated heterocycles. The van der Waals surface area contributed by atoms with Crippen LogP contribution >= 0.6 is 15.9 Å². The highest BCUT2D eigenvalue weighted by Crippen LogP contribution is 2.27. The lowest BCUT2D eigenvalue weighted by molar-refractivity contribution is 0.0991. The highest BCUT2D eigenvalue weighted by molar-refractivity contribution is 9.10. The molecule has 5 heteroatoms. The van der Waals surface area contributed by atoms with Gasteiger partial charge in [0.25, 0.3) is 0 Å². The molecule has 2 rings (SSSR count). The summed E-state index contributed by atoms with van der Waals surface area (Å²) in [6, 6.07) is 6.49. The molecule has 1 aromatic carbocycles. The van der Waals surface area contributed by atoms with Gasteiger partial charge in [0.2, 0.25) is 5.56 Å². The molecule has 0 radical (unpaired) electrons. The molecule has 0 aliphatic heterocycles. The highest BCUT2D eigenvalue weighted by Gasteiger charge is 2.19. The van der Waals surface area contributed by atoms with Crippen LogP contribution in [-0.2, 0) is 0 Å². The number of carbonyl (C=O) groups excluding carboxylic acids is 1. The monoisotopic (exact) mass is 323 g/mol. The number of aromatic nitrogens is 1. The van der Waals surface area contributed by atoms with E-state index < -0.39 is 0 Å². The molecule has 0 saturated carbocycles. The number of H-pyrrole nitrogens is 1. The SMILES string of the molecule is CCC(Br)C(=O)c1ccc(OC)c2[nH]c(=O)ccc12. The minimum Gasteiger partial charge on any atom is -0.495 e. The van der Waals surface area contributed by atoms with Crippen molar-refractivity contribution in [2.45, 2.75) is 18.2 Å². The van der Waals surface area contributed by atoms with E-state index in [-0.39, 0.29) is 16.2 Å². The Hall–Kier alpha value is -1.62. The molecule has 1 atom stereocenters. The van der Waals surface area contributed by atoms with Crippen molar-refractivity contribution in [1.82, 2.24) is 4.98 Å². The third kappa shape index (κ3) is 2.56. The van der Waals surface area contributed by atoms with Gasteiger partial charge in [-0.1, -0.05) is 22.9 Å². The maximum Gasteiger partial charge on any atom is 0.248 e. The summed E-state index contributed by atoms with van der Waals surface area (Å²) in [4.78, 5) is 26.2. The number of hydrogen-bond acceptors (Lipinski definition) is 3. The maximum absolute atomic E-state index is 12.3. The van der Waals surface area contributed by atoms with Crippen molar-refractivity contribution >= 4 is 32.6 Å². The second-order valence-corrected chi connectivity index (χ2v) is 5.27. The fourth-order valence-corrected chi connectivity index (χ4v) is 2.21. The van der Waals surface area contributed by atoms with Gasteiger partial charge in [-0.15, -0.1) is 0 Å². The van der Waals surface area contributed by atoms with Gasteiger partial charge in [0, 0.05) is 17.0 Å². The summed E-state index contributed by atoms with van der Waals surface area (Å²) in [5.41, 5.74) is 0.911. The van der Waals surface area contributed by atoms with Gasteiger partial charge in [-0.05, 0) is 24.6 Å². The summed E-state index contributed by atoms with van der Waals surface area (Å²) >= 11 is 3.36. The Morgan fingerprint density at radius 2 is 2.11 bits per heavy atom. The first kappa shape index (κ1) is 13.8. The summed E-state index contributed by atoms with van der Waals surface area (Å²) in [6.45, 7) is 1.94. The molecule has 0 aliphatic rings. The number of pyridine rings is 1. The Morgan fingerprint density at radius 1 is 1.37 bits per heavy atom. The molecule has 0 aliphatic carbocycles. The van der Waals surface area contributed by atoms with Crippen molar-refractivity contribution in [3.8, 4) is 5.75 Å². The van der Waals surface area contributed by atoms with E-state index >= 15 is 0 Å². The minimum absolute atomic E-state index is 0.00204. The Bertz CT molecular complexity index is 678. The van der Waals surface area contributed by atoms with E-state index in [0.717, 1.165) is 0 Å². The molecule has 0 fully saturated rings. The summed E-state index contributed by atoms with van der Waals surface area (Å²) < 4.78 is 5.21. The van der Waals surface area contributed by atoms with Crippen LogP contribution < -0.4 is 10.3 Å². The fourth-order valence-electron chi connectivity index (χ4n) is 1.96. The molecule has 0 amide bonds. The van der Waals surface area contributed by atoms with E-state index in [0.29, 0.717) is 28.6 Å². The minimum atomic E-state index is -0.226. The zero-order valence-corrected chi connectivity index (χ0v) is 12.3. The number of Topliss-reactive ketones (excluding diaryl/α,β-unsaturated/α-hetero) is 1. The maximum atomic E-state index is 12.3. The van der Waals surface area contributed by atoms with E-state index in [1.807, 2.05) is 6.92 Å². The highest BCUT2D eigenvalue weighted by atomic mass is 79.9. The van der Waals surface area contributed by atoms with Crippen molar-refractivity contribution in [2.24, 2.45) is 0 Å². The Kier molecular flexibility index (Phi) is 4.04. The van der Waals surface area contributed by atoms with E-state index in [1.165, 1.54) is 13.2 Å². The van der Waals surface area contributed by atoms with E-state index in [2.05, 4.69) is 20.9 Å². The van der Waals surface area contributed by atoms with Crippen molar-refractivity contribution in [2.75, 3.05) is 7.11 Å². The van der Waals surface area contributed by atoms with Gasteiger partial charge in [0.05, 0.1) is 17.5 Å². The molecular formula is C14H14BrNO3. The summed E-state index contributed by atoms with van der Waals surface area (Å²) in [6.07, 6.45) is 0.704. The summed E-state index contributed by atoms with van der Waals surface area (Å²) in [5.74, 6) is 0.550. The van der Waals surface area contributed by atoms with Gasteiger partial charge in [-0.2, -0.15) is 0 Å². The number of nitrogens with one attached hydrogen (secondary N) is 1. The number of methoxy groups -OCH3 is 1. The number of ketones is 1. The number of ether oxygens (including phenoxy) is 1. The molecule has 1 N–H and O–H groups in total. The fraction of sp³-hybridized carbons (Fsp3) is 0.286. The summed E-state index contributed by atoms with van der Waals surface area (Å²) in [7, 11) is 1.53. The Labute approximate surface area is 118 Å². The topological polar surface area (TPSA) is 59.2 Å². The molecule has 1 heterocycles. The molecule has 4 nitrogen and oxygen atoms in total. The predicted molar refractivity (Wildman–Crippen MR) is 78.5 cm³/mol. The number of halogens is 1. The van der Waals surface area contributed by atoms with E-state index in [9.17, 15) is 9.59 Å². The van der Waals surface area contributed by atoms with Crippen LogP contribution in [0, 0.1) is 0 Å². The third-order valence-electron chi connectivity index (χ3n) is 2.99. The van der Waals surface area contributed by atoms with Crippen LogP contribution in [-0.4, -0.2) is 22.7 Å².